The maximum Gasteiger partial charge on any atom is 0.00255 e. The Morgan fingerprint density at radius 3 is 2.33 bits per heavy atom. The largest absolute Gasteiger partial charge is 0.316 e. The molecule has 0 aromatic rings. The number of hydrogen-bond acceptors (Lipinski definition) is 2. The number of nitrogens with one attached hydrogen (secondary N) is 1. The van der Waals surface area contributed by atoms with Crippen LogP contribution in [-0.2, 0) is 0 Å². The number of likely N-dealkylation sites (tertiary alicyclic amines) is 1. The lowest BCUT2D eigenvalue weighted by Gasteiger charge is -2.19. The molecule has 2 saturated heterocycles. The van der Waals surface area contributed by atoms with Gasteiger partial charge in [0, 0.05) is 13.1 Å². The van der Waals surface area contributed by atoms with Gasteiger partial charge in [-0.2, -0.15) is 0 Å². The van der Waals surface area contributed by atoms with Gasteiger partial charge in [0.15, 0.2) is 0 Å². The van der Waals surface area contributed by atoms with Crippen molar-refractivity contribution in [2.24, 2.45) is 17.8 Å². The van der Waals surface area contributed by atoms with E-state index in [1.807, 2.05) is 0 Å². The van der Waals surface area contributed by atoms with Crippen molar-refractivity contribution in [2.75, 3.05) is 32.7 Å². The van der Waals surface area contributed by atoms with Gasteiger partial charge in [-0.1, -0.05) is 25.7 Å². The van der Waals surface area contributed by atoms with E-state index >= 15 is 0 Å². The average molecular weight is 208 g/mol. The molecular weight excluding hydrogens is 184 g/mol. The van der Waals surface area contributed by atoms with Crippen LogP contribution in [0.3, 0.4) is 0 Å². The lowest BCUT2D eigenvalue weighted by molar-refractivity contribution is 0.284. The van der Waals surface area contributed by atoms with Crippen LogP contribution in [0.25, 0.3) is 0 Å². The molecule has 0 bridgehead atoms. The summed E-state index contributed by atoms with van der Waals surface area (Å²) in [5.41, 5.74) is 0. The van der Waals surface area contributed by atoms with Gasteiger partial charge >= 0.3 is 0 Å². The summed E-state index contributed by atoms with van der Waals surface area (Å²) >= 11 is 0. The second-order valence-corrected chi connectivity index (χ2v) is 5.88. The fraction of sp³-hybridized carbons (Fsp3) is 1.00. The number of hydrogen-bond donors (Lipinski definition) is 1. The summed E-state index contributed by atoms with van der Waals surface area (Å²) in [6.07, 6.45) is 7.51. The summed E-state index contributed by atoms with van der Waals surface area (Å²) < 4.78 is 0. The zero-order valence-electron chi connectivity index (χ0n) is 9.75. The van der Waals surface area contributed by atoms with E-state index in [-0.39, 0.29) is 0 Å². The number of rotatable bonds is 3. The molecule has 0 aromatic heterocycles. The third-order valence-corrected chi connectivity index (χ3v) is 4.79. The first-order chi connectivity index (χ1) is 7.42. The molecule has 3 aliphatic rings. The van der Waals surface area contributed by atoms with Crippen molar-refractivity contribution in [3.8, 4) is 0 Å². The van der Waals surface area contributed by atoms with E-state index in [1.165, 1.54) is 64.8 Å². The Hall–Kier alpha value is -0.0800. The van der Waals surface area contributed by atoms with Gasteiger partial charge < -0.3 is 10.2 Å². The Labute approximate surface area is 93.4 Å². The highest BCUT2D eigenvalue weighted by Crippen LogP contribution is 2.30. The van der Waals surface area contributed by atoms with Crippen molar-refractivity contribution in [3.63, 3.8) is 0 Å². The van der Waals surface area contributed by atoms with Gasteiger partial charge in [-0.25, -0.2) is 0 Å². The van der Waals surface area contributed by atoms with Gasteiger partial charge in [-0.3, -0.25) is 0 Å². The third kappa shape index (κ3) is 2.21. The molecule has 3 rings (SSSR count). The molecule has 0 unspecified atom stereocenters. The molecule has 0 radical (unpaired) electrons. The molecule has 2 aliphatic heterocycles. The van der Waals surface area contributed by atoms with Gasteiger partial charge in [-0.15, -0.1) is 0 Å². The predicted molar refractivity (Wildman–Crippen MR) is 62.9 cm³/mol. The molecule has 3 fully saturated rings. The Balaban J connectivity index is 1.41. The Morgan fingerprint density at radius 2 is 1.67 bits per heavy atom. The standard InChI is InChI=1S/C13H24N2/c1-2-4-11(3-1)5-6-15-9-12-7-14-8-13(12)10-15/h11-14H,1-10H2/t12-,13+. The minimum Gasteiger partial charge on any atom is -0.316 e. The van der Waals surface area contributed by atoms with Crippen LogP contribution < -0.4 is 5.32 Å². The van der Waals surface area contributed by atoms with Crippen molar-refractivity contribution < 1.29 is 0 Å². The molecular formula is C13H24N2. The van der Waals surface area contributed by atoms with Gasteiger partial charge in [0.1, 0.15) is 0 Å². The highest BCUT2D eigenvalue weighted by molar-refractivity contribution is 4.91. The van der Waals surface area contributed by atoms with Gasteiger partial charge in [0.25, 0.3) is 0 Å². The van der Waals surface area contributed by atoms with Gasteiger partial charge in [0.05, 0.1) is 0 Å². The van der Waals surface area contributed by atoms with E-state index < -0.39 is 0 Å². The first kappa shape index (κ1) is 10.1. The summed E-state index contributed by atoms with van der Waals surface area (Å²) in [6.45, 7) is 6.71. The van der Waals surface area contributed by atoms with Crippen molar-refractivity contribution in [3.05, 3.63) is 0 Å². The summed E-state index contributed by atoms with van der Waals surface area (Å²) in [4.78, 5) is 2.73. The minimum absolute atomic E-state index is 0.980. The summed E-state index contributed by atoms with van der Waals surface area (Å²) in [6, 6.07) is 0. The molecule has 1 aliphatic carbocycles. The average Bonchev–Trinajstić information content (AvgIpc) is 2.91. The number of nitrogens with zero attached hydrogens (tertiary/aromatic N) is 1. The van der Waals surface area contributed by atoms with E-state index in [9.17, 15) is 0 Å². The van der Waals surface area contributed by atoms with Crippen molar-refractivity contribution in [2.45, 2.75) is 32.1 Å². The van der Waals surface area contributed by atoms with Crippen molar-refractivity contribution in [1.29, 1.82) is 0 Å². The second-order valence-electron chi connectivity index (χ2n) is 5.88. The molecule has 86 valence electrons. The third-order valence-electron chi connectivity index (χ3n) is 4.79. The normalized spacial score (nSPS) is 37.6. The van der Waals surface area contributed by atoms with Gasteiger partial charge in [0.2, 0.25) is 0 Å². The molecule has 1 N–H and O–H groups in total. The number of fused-ring (bicyclic) bond motifs is 1. The van der Waals surface area contributed by atoms with E-state index in [4.69, 9.17) is 0 Å². The molecule has 15 heavy (non-hydrogen) atoms. The molecule has 1 saturated carbocycles. The van der Waals surface area contributed by atoms with Crippen molar-refractivity contribution >= 4 is 0 Å². The maximum absolute atomic E-state index is 3.52. The van der Waals surface area contributed by atoms with Crippen molar-refractivity contribution in [1.82, 2.24) is 10.2 Å². The highest BCUT2D eigenvalue weighted by atomic mass is 15.2. The molecule has 2 heterocycles. The van der Waals surface area contributed by atoms with Crippen LogP contribution in [0.2, 0.25) is 0 Å². The summed E-state index contributed by atoms with van der Waals surface area (Å²) in [7, 11) is 0. The first-order valence-corrected chi connectivity index (χ1v) is 6.85. The van der Waals surface area contributed by atoms with Gasteiger partial charge in [-0.05, 0) is 43.8 Å². The highest BCUT2D eigenvalue weighted by Gasteiger charge is 2.35. The Morgan fingerprint density at radius 1 is 1.00 bits per heavy atom. The fourth-order valence-corrected chi connectivity index (χ4v) is 3.80. The zero-order chi connectivity index (χ0) is 10.1. The minimum atomic E-state index is 0.980. The van der Waals surface area contributed by atoms with Crippen LogP contribution in [-0.4, -0.2) is 37.6 Å². The monoisotopic (exact) mass is 208 g/mol. The Bertz CT molecular complexity index is 199. The topological polar surface area (TPSA) is 15.3 Å². The molecule has 2 heteroatoms. The van der Waals surface area contributed by atoms with Crippen LogP contribution >= 0.6 is 0 Å². The molecule has 2 atom stereocenters. The molecule has 2 nitrogen and oxygen atoms in total. The predicted octanol–water partition coefficient (Wildman–Crippen LogP) is 1.72. The second kappa shape index (κ2) is 4.42. The summed E-state index contributed by atoms with van der Waals surface area (Å²) in [5.74, 6) is 3.03. The van der Waals surface area contributed by atoms with E-state index in [1.54, 1.807) is 0 Å². The van der Waals surface area contributed by atoms with E-state index in [0.717, 1.165) is 17.8 Å². The molecule has 0 aromatic carbocycles. The van der Waals surface area contributed by atoms with Crippen LogP contribution in [0.5, 0.6) is 0 Å². The lowest BCUT2D eigenvalue weighted by atomic mass is 10.0. The molecule has 0 spiro atoms. The van der Waals surface area contributed by atoms with E-state index in [0.29, 0.717) is 0 Å². The molecule has 0 amide bonds. The summed E-state index contributed by atoms with van der Waals surface area (Å²) in [5, 5.41) is 3.52. The fourth-order valence-electron chi connectivity index (χ4n) is 3.80. The smallest absolute Gasteiger partial charge is 0.00255 e. The zero-order valence-corrected chi connectivity index (χ0v) is 9.75. The van der Waals surface area contributed by atoms with Crippen LogP contribution in [0.1, 0.15) is 32.1 Å². The first-order valence-electron chi connectivity index (χ1n) is 6.85. The maximum atomic E-state index is 3.52. The van der Waals surface area contributed by atoms with Crippen LogP contribution in [0.4, 0.5) is 0 Å². The van der Waals surface area contributed by atoms with E-state index in [2.05, 4.69) is 10.2 Å². The van der Waals surface area contributed by atoms with Crippen LogP contribution in [0, 0.1) is 17.8 Å². The lowest BCUT2D eigenvalue weighted by Crippen LogP contribution is -2.27. The van der Waals surface area contributed by atoms with Crippen LogP contribution in [0.15, 0.2) is 0 Å². The SMILES string of the molecule is C1CCC(CCN2C[C@H]3CNC[C@H]3C2)C1. The Kier molecular flexibility index (Phi) is 2.98. The quantitative estimate of drug-likeness (QED) is 0.759.